The van der Waals surface area contributed by atoms with E-state index in [4.69, 9.17) is 0 Å². The third kappa shape index (κ3) is 3.73. The molecule has 0 aromatic heterocycles. The molecule has 0 saturated carbocycles. The molecule has 0 bridgehead atoms. The lowest BCUT2D eigenvalue weighted by Gasteiger charge is -2.02. The van der Waals surface area contributed by atoms with Crippen molar-refractivity contribution in [3.05, 3.63) is 35.6 Å². The van der Waals surface area contributed by atoms with Crippen LogP contribution < -0.4 is 0 Å². The number of sulfone groups is 1. The first-order valence-corrected chi connectivity index (χ1v) is 6.76. The van der Waals surface area contributed by atoms with E-state index >= 15 is 0 Å². The molecular weight excluding hydrogens is 231 g/mol. The Balaban J connectivity index is 2.77. The Bertz CT molecular complexity index is 463. The lowest BCUT2D eigenvalue weighted by Crippen LogP contribution is -2.18. The molecule has 0 N–H and O–H groups in total. The fraction of sp³-hybridized carbons (Fsp3) is 0.364. The monoisotopic (exact) mass is 244 g/mol. The first kappa shape index (κ1) is 12.8. The summed E-state index contributed by atoms with van der Waals surface area (Å²) in [5.41, 5.74) is 0.223. The molecule has 0 spiro atoms. The van der Waals surface area contributed by atoms with Crippen LogP contribution in [0, 0.1) is 5.82 Å². The summed E-state index contributed by atoms with van der Waals surface area (Å²) in [6.45, 7) is 1.74. The second-order valence-corrected chi connectivity index (χ2v) is 5.71. The third-order valence-electron chi connectivity index (χ3n) is 2.03. The molecule has 3 nitrogen and oxygen atoms in total. The minimum Gasteiger partial charge on any atom is -0.293 e. The van der Waals surface area contributed by atoms with Crippen molar-refractivity contribution in [3.8, 4) is 0 Å². The normalized spacial score (nSPS) is 11.4. The second kappa shape index (κ2) is 5.21. The van der Waals surface area contributed by atoms with E-state index in [-0.39, 0.29) is 11.3 Å². The highest BCUT2D eigenvalue weighted by atomic mass is 32.2. The maximum absolute atomic E-state index is 12.6. The Labute approximate surface area is 94.2 Å². The van der Waals surface area contributed by atoms with Gasteiger partial charge in [-0.05, 0) is 30.7 Å². The number of Topliss-reactive ketones (excluding diaryl/α,β-unsaturated/α-hetero) is 1. The van der Waals surface area contributed by atoms with E-state index in [2.05, 4.69) is 0 Å². The standard InChI is InChI=1S/C11H13FO3S/c1-2-7-16(14,15)8-11(13)9-3-5-10(12)6-4-9/h3-6H,2,7-8H2,1H3. The Morgan fingerprint density at radius 2 is 1.81 bits per heavy atom. The van der Waals surface area contributed by atoms with Gasteiger partial charge in [0.25, 0.3) is 0 Å². The molecule has 16 heavy (non-hydrogen) atoms. The summed E-state index contributed by atoms with van der Waals surface area (Å²) in [6.07, 6.45) is 0.485. The molecule has 0 heterocycles. The van der Waals surface area contributed by atoms with E-state index in [0.717, 1.165) is 12.1 Å². The van der Waals surface area contributed by atoms with Crippen LogP contribution in [0.15, 0.2) is 24.3 Å². The average molecular weight is 244 g/mol. The van der Waals surface area contributed by atoms with Gasteiger partial charge in [-0.15, -0.1) is 0 Å². The van der Waals surface area contributed by atoms with Gasteiger partial charge in [-0.25, -0.2) is 12.8 Å². The van der Waals surface area contributed by atoms with Crippen LogP contribution >= 0.6 is 0 Å². The molecule has 5 heteroatoms. The summed E-state index contributed by atoms with van der Waals surface area (Å²) in [7, 11) is -3.33. The van der Waals surface area contributed by atoms with E-state index in [9.17, 15) is 17.6 Å². The van der Waals surface area contributed by atoms with Gasteiger partial charge in [0.2, 0.25) is 0 Å². The number of hydrogen-bond acceptors (Lipinski definition) is 3. The number of hydrogen-bond donors (Lipinski definition) is 0. The Kier molecular flexibility index (Phi) is 4.18. The molecule has 0 aliphatic heterocycles. The van der Waals surface area contributed by atoms with Crippen LogP contribution in [0.25, 0.3) is 0 Å². The van der Waals surface area contributed by atoms with Gasteiger partial charge in [-0.1, -0.05) is 6.92 Å². The summed E-state index contributed by atoms with van der Waals surface area (Å²) in [5.74, 6) is -1.45. The quantitative estimate of drug-likeness (QED) is 0.742. The van der Waals surface area contributed by atoms with Gasteiger partial charge in [-0.3, -0.25) is 4.79 Å². The predicted octanol–water partition coefficient (Wildman–Crippen LogP) is 1.83. The molecular formula is C11H13FO3S. The van der Waals surface area contributed by atoms with Crippen LogP contribution in [0.1, 0.15) is 23.7 Å². The molecule has 0 radical (unpaired) electrons. The Hall–Kier alpha value is -1.23. The topological polar surface area (TPSA) is 51.2 Å². The van der Waals surface area contributed by atoms with Gasteiger partial charge < -0.3 is 0 Å². The van der Waals surface area contributed by atoms with Crippen LogP contribution in [0.4, 0.5) is 4.39 Å². The smallest absolute Gasteiger partial charge is 0.177 e. The summed E-state index contributed by atoms with van der Waals surface area (Å²) in [5, 5.41) is 0. The van der Waals surface area contributed by atoms with E-state index in [1.807, 2.05) is 0 Å². The number of ketones is 1. The molecule has 1 rings (SSSR count). The lowest BCUT2D eigenvalue weighted by molar-refractivity contribution is 0.102. The summed E-state index contributed by atoms with van der Waals surface area (Å²) in [4.78, 5) is 11.5. The maximum atomic E-state index is 12.6. The first-order valence-electron chi connectivity index (χ1n) is 4.94. The van der Waals surface area contributed by atoms with E-state index < -0.39 is 27.2 Å². The largest absolute Gasteiger partial charge is 0.293 e. The van der Waals surface area contributed by atoms with Crippen LogP contribution in [0.5, 0.6) is 0 Å². The summed E-state index contributed by atoms with van der Waals surface area (Å²) in [6, 6.07) is 4.86. The number of benzene rings is 1. The van der Waals surface area contributed by atoms with Crippen molar-refractivity contribution in [3.63, 3.8) is 0 Å². The molecule has 1 aromatic rings. The van der Waals surface area contributed by atoms with Crippen LogP contribution in [-0.2, 0) is 9.84 Å². The predicted molar refractivity (Wildman–Crippen MR) is 59.7 cm³/mol. The van der Waals surface area contributed by atoms with Crippen molar-refractivity contribution < 1.29 is 17.6 Å². The van der Waals surface area contributed by atoms with Crippen LogP contribution in [0.2, 0.25) is 0 Å². The molecule has 1 aromatic carbocycles. The van der Waals surface area contributed by atoms with Gasteiger partial charge in [0, 0.05) is 5.56 Å². The SMILES string of the molecule is CCCS(=O)(=O)CC(=O)c1ccc(F)cc1. The zero-order valence-electron chi connectivity index (χ0n) is 8.94. The fourth-order valence-corrected chi connectivity index (χ4v) is 2.63. The zero-order valence-corrected chi connectivity index (χ0v) is 9.76. The van der Waals surface area contributed by atoms with Gasteiger partial charge in [0.1, 0.15) is 11.6 Å². The van der Waals surface area contributed by atoms with Crippen molar-refractivity contribution in [2.45, 2.75) is 13.3 Å². The van der Waals surface area contributed by atoms with E-state index in [1.54, 1.807) is 6.92 Å². The summed E-state index contributed by atoms with van der Waals surface area (Å²) >= 11 is 0. The van der Waals surface area contributed by atoms with Gasteiger partial charge >= 0.3 is 0 Å². The highest BCUT2D eigenvalue weighted by molar-refractivity contribution is 7.92. The van der Waals surface area contributed by atoms with Crippen LogP contribution in [0.3, 0.4) is 0 Å². The van der Waals surface area contributed by atoms with Crippen molar-refractivity contribution in [1.29, 1.82) is 0 Å². The number of carbonyl (C=O) groups is 1. The lowest BCUT2D eigenvalue weighted by atomic mass is 10.1. The molecule has 0 unspecified atom stereocenters. The summed E-state index contributed by atoms with van der Waals surface area (Å²) < 4.78 is 35.4. The van der Waals surface area contributed by atoms with Crippen molar-refractivity contribution in [1.82, 2.24) is 0 Å². The zero-order chi connectivity index (χ0) is 12.2. The highest BCUT2D eigenvalue weighted by Crippen LogP contribution is 2.06. The Morgan fingerprint density at radius 1 is 1.25 bits per heavy atom. The van der Waals surface area contributed by atoms with Crippen molar-refractivity contribution in [2.75, 3.05) is 11.5 Å². The number of carbonyl (C=O) groups excluding carboxylic acids is 1. The van der Waals surface area contributed by atoms with Crippen LogP contribution in [-0.4, -0.2) is 25.7 Å². The van der Waals surface area contributed by atoms with Crippen molar-refractivity contribution in [2.24, 2.45) is 0 Å². The molecule has 0 fully saturated rings. The molecule has 0 atom stereocenters. The minimum absolute atomic E-state index is 0.0000648. The molecule has 88 valence electrons. The first-order chi connectivity index (χ1) is 7.44. The molecule has 0 aliphatic carbocycles. The van der Waals surface area contributed by atoms with Gasteiger partial charge in [0.15, 0.2) is 15.6 Å². The van der Waals surface area contributed by atoms with E-state index in [0.29, 0.717) is 6.42 Å². The van der Waals surface area contributed by atoms with E-state index in [1.165, 1.54) is 12.1 Å². The maximum Gasteiger partial charge on any atom is 0.177 e. The second-order valence-electron chi connectivity index (χ2n) is 3.52. The minimum atomic E-state index is -3.33. The van der Waals surface area contributed by atoms with Gasteiger partial charge in [0.05, 0.1) is 5.75 Å². The number of halogens is 1. The molecule has 0 saturated heterocycles. The number of rotatable bonds is 5. The molecule has 0 aliphatic rings. The Morgan fingerprint density at radius 3 is 2.31 bits per heavy atom. The third-order valence-corrected chi connectivity index (χ3v) is 3.76. The average Bonchev–Trinajstić information content (AvgIpc) is 2.17. The van der Waals surface area contributed by atoms with Gasteiger partial charge in [-0.2, -0.15) is 0 Å². The fourth-order valence-electron chi connectivity index (χ4n) is 1.30. The van der Waals surface area contributed by atoms with Crippen molar-refractivity contribution >= 4 is 15.6 Å². The molecule has 0 amide bonds. The highest BCUT2D eigenvalue weighted by Gasteiger charge is 2.16.